The summed E-state index contributed by atoms with van der Waals surface area (Å²) in [7, 11) is 0. The number of rotatable bonds is 7. The fraction of sp³-hybridized carbons (Fsp3) is 0.231. The molecule has 0 radical (unpaired) electrons. The summed E-state index contributed by atoms with van der Waals surface area (Å²) in [6, 6.07) is 26.1. The van der Waals surface area contributed by atoms with E-state index in [4.69, 9.17) is 0 Å². The number of benzene rings is 3. The van der Waals surface area contributed by atoms with Gasteiger partial charge in [0.25, 0.3) is 0 Å². The second-order valence-electron chi connectivity index (χ2n) is 7.93. The Hall–Kier alpha value is -3.47. The molecule has 4 rings (SSSR count). The third-order valence-corrected chi connectivity index (χ3v) is 5.71. The van der Waals surface area contributed by atoms with E-state index in [0.717, 1.165) is 11.1 Å². The van der Waals surface area contributed by atoms with Gasteiger partial charge in [-0.3, -0.25) is 9.59 Å². The highest BCUT2D eigenvalue weighted by Crippen LogP contribution is 2.24. The van der Waals surface area contributed by atoms with Crippen molar-refractivity contribution in [2.24, 2.45) is 5.92 Å². The van der Waals surface area contributed by atoms with Crippen LogP contribution in [0.4, 0.5) is 4.39 Å². The molecule has 0 bridgehead atoms. The SMILES string of the molecule is O=C(N[C@H](Cc1ccccc1)c1ccccc1)[C@H]1CC(=O)N(Cc2ccccc2F)C1. The minimum atomic E-state index is -0.443. The van der Waals surface area contributed by atoms with E-state index in [9.17, 15) is 14.0 Å². The largest absolute Gasteiger partial charge is 0.349 e. The molecule has 3 aromatic rings. The summed E-state index contributed by atoms with van der Waals surface area (Å²) in [5.41, 5.74) is 2.61. The van der Waals surface area contributed by atoms with Crippen LogP contribution in [-0.2, 0) is 22.6 Å². The first kappa shape index (κ1) is 20.8. The van der Waals surface area contributed by atoms with E-state index in [1.807, 2.05) is 60.7 Å². The Kier molecular flexibility index (Phi) is 6.41. The van der Waals surface area contributed by atoms with Crippen molar-refractivity contribution in [1.82, 2.24) is 10.2 Å². The monoisotopic (exact) mass is 416 g/mol. The lowest BCUT2D eigenvalue weighted by Crippen LogP contribution is -2.36. The van der Waals surface area contributed by atoms with Gasteiger partial charge in [-0.25, -0.2) is 4.39 Å². The quantitative estimate of drug-likeness (QED) is 0.625. The van der Waals surface area contributed by atoms with Crippen LogP contribution in [-0.4, -0.2) is 23.3 Å². The smallest absolute Gasteiger partial charge is 0.225 e. The fourth-order valence-corrected chi connectivity index (χ4v) is 4.01. The third-order valence-electron chi connectivity index (χ3n) is 5.71. The van der Waals surface area contributed by atoms with Crippen LogP contribution in [0.5, 0.6) is 0 Å². The number of halogens is 1. The number of amides is 2. The average molecular weight is 416 g/mol. The summed E-state index contributed by atoms with van der Waals surface area (Å²) in [5, 5.41) is 3.15. The van der Waals surface area contributed by atoms with Crippen molar-refractivity contribution >= 4 is 11.8 Å². The molecule has 2 amide bonds. The minimum absolute atomic E-state index is 0.122. The van der Waals surface area contributed by atoms with Gasteiger partial charge < -0.3 is 10.2 Å². The van der Waals surface area contributed by atoms with Gasteiger partial charge in [0.2, 0.25) is 11.8 Å². The van der Waals surface area contributed by atoms with Gasteiger partial charge in [0, 0.05) is 25.1 Å². The Labute approximate surface area is 181 Å². The van der Waals surface area contributed by atoms with Crippen LogP contribution in [0.3, 0.4) is 0 Å². The first-order valence-electron chi connectivity index (χ1n) is 10.5. The highest BCUT2D eigenvalue weighted by molar-refractivity contribution is 5.89. The van der Waals surface area contributed by atoms with Crippen molar-refractivity contribution in [2.75, 3.05) is 6.54 Å². The molecule has 0 aromatic heterocycles. The zero-order valence-electron chi connectivity index (χ0n) is 17.2. The molecule has 1 aliphatic heterocycles. The molecule has 5 heteroatoms. The normalized spacial score (nSPS) is 16.9. The van der Waals surface area contributed by atoms with Gasteiger partial charge in [-0.2, -0.15) is 0 Å². The molecule has 1 aliphatic rings. The van der Waals surface area contributed by atoms with Crippen LogP contribution >= 0.6 is 0 Å². The van der Waals surface area contributed by atoms with E-state index in [1.54, 1.807) is 23.1 Å². The zero-order chi connectivity index (χ0) is 21.6. The van der Waals surface area contributed by atoms with Crippen LogP contribution < -0.4 is 5.32 Å². The third kappa shape index (κ3) is 5.18. The van der Waals surface area contributed by atoms with Gasteiger partial charge in [0.15, 0.2) is 0 Å². The van der Waals surface area contributed by atoms with Gasteiger partial charge in [-0.15, -0.1) is 0 Å². The minimum Gasteiger partial charge on any atom is -0.349 e. The first-order chi connectivity index (χ1) is 15.1. The molecule has 1 saturated heterocycles. The van der Waals surface area contributed by atoms with Crippen molar-refractivity contribution in [3.05, 3.63) is 107 Å². The molecule has 0 unspecified atom stereocenters. The topological polar surface area (TPSA) is 49.4 Å². The number of hydrogen-bond acceptors (Lipinski definition) is 2. The molecular formula is C26H25FN2O2. The van der Waals surface area contributed by atoms with E-state index < -0.39 is 5.92 Å². The molecule has 1 N–H and O–H groups in total. The summed E-state index contributed by atoms with van der Waals surface area (Å²) in [6.45, 7) is 0.479. The molecular weight excluding hydrogens is 391 g/mol. The van der Waals surface area contributed by atoms with E-state index in [2.05, 4.69) is 5.32 Å². The van der Waals surface area contributed by atoms with E-state index in [-0.39, 0.29) is 36.6 Å². The summed E-state index contributed by atoms with van der Waals surface area (Å²) in [5.74, 6) is -1.05. The van der Waals surface area contributed by atoms with E-state index in [0.29, 0.717) is 18.5 Å². The molecule has 0 spiro atoms. The predicted octanol–water partition coefficient (Wildman–Crippen LogP) is 4.27. The standard InChI is InChI=1S/C26H25FN2O2/c27-23-14-8-7-13-21(23)17-29-18-22(16-25(29)30)26(31)28-24(20-11-5-2-6-12-20)15-19-9-3-1-4-10-19/h1-14,22,24H,15-18H2,(H,28,31)/t22-,24+/m0/s1. The second-order valence-corrected chi connectivity index (χ2v) is 7.93. The summed E-state index contributed by atoms with van der Waals surface area (Å²) in [6.07, 6.45) is 0.809. The van der Waals surface area contributed by atoms with Crippen LogP contribution in [0, 0.1) is 11.7 Å². The number of likely N-dealkylation sites (tertiary alicyclic amines) is 1. The molecule has 3 aromatic carbocycles. The summed E-state index contributed by atoms with van der Waals surface area (Å²) in [4.78, 5) is 27.1. The second kappa shape index (κ2) is 9.56. The number of carbonyl (C=O) groups is 2. The molecule has 1 fully saturated rings. The first-order valence-corrected chi connectivity index (χ1v) is 10.5. The summed E-state index contributed by atoms with van der Waals surface area (Å²) < 4.78 is 14.0. The van der Waals surface area contributed by atoms with Crippen LogP contribution in [0.1, 0.15) is 29.2 Å². The Morgan fingerprint density at radius 3 is 2.32 bits per heavy atom. The predicted molar refractivity (Wildman–Crippen MR) is 117 cm³/mol. The number of carbonyl (C=O) groups excluding carboxylic acids is 2. The Morgan fingerprint density at radius 2 is 1.61 bits per heavy atom. The van der Waals surface area contributed by atoms with E-state index >= 15 is 0 Å². The molecule has 1 heterocycles. The van der Waals surface area contributed by atoms with Gasteiger partial charge >= 0.3 is 0 Å². The lowest BCUT2D eigenvalue weighted by molar-refractivity contribution is -0.129. The van der Waals surface area contributed by atoms with Gasteiger partial charge in [-0.1, -0.05) is 78.9 Å². The molecule has 0 saturated carbocycles. The highest BCUT2D eigenvalue weighted by Gasteiger charge is 2.35. The number of nitrogens with zero attached hydrogens (tertiary/aromatic N) is 1. The maximum Gasteiger partial charge on any atom is 0.225 e. The lowest BCUT2D eigenvalue weighted by Gasteiger charge is -2.22. The molecule has 4 nitrogen and oxygen atoms in total. The fourth-order valence-electron chi connectivity index (χ4n) is 4.01. The summed E-state index contributed by atoms with van der Waals surface area (Å²) >= 11 is 0. The lowest BCUT2D eigenvalue weighted by atomic mass is 9.97. The van der Waals surface area contributed by atoms with Crippen molar-refractivity contribution in [3.8, 4) is 0 Å². The maximum absolute atomic E-state index is 14.0. The highest BCUT2D eigenvalue weighted by atomic mass is 19.1. The van der Waals surface area contributed by atoms with E-state index in [1.165, 1.54) is 6.07 Å². The van der Waals surface area contributed by atoms with Crippen molar-refractivity contribution in [2.45, 2.75) is 25.4 Å². The number of nitrogens with one attached hydrogen (secondary N) is 1. The van der Waals surface area contributed by atoms with Crippen LogP contribution in [0.15, 0.2) is 84.9 Å². The van der Waals surface area contributed by atoms with Crippen molar-refractivity contribution in [3.63, 3.8) is 0 Å². The Bertz CT molecular complexity index is 1040. The maximum atomic E-state index is 14.0. The molecule has 31 heavy (non-hydrogen) atoms. The molecule has 158 valence electrons. The van der Waals surface area contributed by atoms with Gasteiger partial charge in [0.05, 0.1) is 12.0 Å². The van der Waals surface area contributed by atoms with Crippen LogP contribution in [0.25, 0.3) is 0 Å². The Morgan fingerprint density at radius 1 is 0.968 bits per heavy atom. The number of hydrogen-bond donors (Lipinski definition) is 1. The average Bonchev–Trinajstić information content (AvgIpc) is 3.16. The van der Waals surface area contributed by atoms with Gasteiger partial charge in [-0.05, 0) is 23.6 Å². The van der Waals surface area contributed by atoms with Crippen molar-refractivity contribution < 1.29 is 14.0 Å². The molecule has 2 atom stereocenters. The van der Waals surface area contributed by atoms with Crippen molar-refractivity contribution in [1.29, 1.82) is 0 Å². The Balaban J connectivity index is 1.45. The zero-order valence-corrected chi connectivity index (χ0v) is 17.2. The molecule has 0 aliphatic carbocycles. The van der Waals surface area contributed by atoms with Crippen LogP contribution in [0.2, 0.25) is 0 Å². The van der Waals surface area contributed by atoms with Gasteiger partial charge in [0.1, 0.15) is 5.82 Å².